The van der Waals surface area contributed by atoms with Gasteiger partial charge in [0.2, 0.25) is 54.8 Å². The molecule has 4 aromatic carbocycles. The zero-order chi connectivity index (χ0) is 93.2. The number of aromatic nitrogens is 4. The Morgan fingerprint density at radius 3 is 1.35 bits per heavy atom. The van der Waals surface area contributed by atoms with Crippen molar-refractivity contribution in [3.63, 3.8) is 0 Å². The van der Waals surface area contributed by atoms with Crippen LogP contribution in [-0.2, 0) is 69.1 Å². The molecule has 6 saturated carbocycles. The summed E-state index contributed by atoms with van der Waals surface area (Å²) < 4.78 is 105. The number of furan rings is 2. The van der Waals surface area contributed by atoms with E-state index >= 15 is 0 Å². The highest BCUT2D eigenvalue weighted by Gasteiger charge is 2.65. The molecule has 10 atom stereocenters. The average Bonchev–Trinajstić information content (AvgIpc) is 1.56. The first-order valence-corrected chi connectivity index (χ1v) is 49.7. The van der Waals surface area contributed by atoms with Gasteiger partial charge in [0.1, 0.15) is 82.0 Å². The van der Waals surface area contributed by atoms with Crippen LogP contribution in [0.3, 0.4) is 0 Å². The standard InChI is InChI=1S/2C49H60N6O10S/c1-47(2,3)30-22-20-29(21-23-30)41-51-38-34-17-13-19-37(62-5)39(34)65-40(38)43(52-41)63-33-26-36-42(56)53-49(45(58)54-66(60,61)48(4)24-25-48)27-31(49)14-9-7-6-8-10-18-35(44(57)55(36)28-33)50-46(59)64-32-15-11-12-16-32;1-47(2,3)30-19-17-29(18-20-30)41-51-39-35-22-21-33(62-5)26-38(35)65-40(39)43(52-41)63-34-25-37-42(56)53-49(45(58)54-66(60,61)48(4)23-24-48)27-31(49)13-9-7-6-8-10-16-36(44(57)55(37)28-34)50-46(59)64-32-14-11-12-15-32/h9,13-14,17,19-23,31-33,35-36H,6-8,10-12,15-16,18,24-28H2,1-5H3,(H,50,59)(H,53,56)(H,54,58);9,13,17-22,26,31-32,34,36-37H,6-8,10-12,14-16,23-25,27-28H2,1-5H3,(H,50,59)(H,53,56)(H,54,58)/b14-9-;13-9-/t31-,33-,35+,36+,49-;31-,34-,36+,37+,49-/m11/s1. The number of ether oxygens (including phenoxy) is 6. The lowest BCUT2D eigenvalue weighted by Gasteiger charge is -2.30. The van der Waals surface area contributed by atoms with Crippen molar-refractivity contribution in [2.45, 2.75) is 302 Å². The number of benzene rings is 4. The quantitative estimate of drug-likeness (QED) is 0.0435. The average molecular weight is 1850 g/mol. The highest BCUT2D eigenvalue weighted by Crippen LogP contribution is 2.51. The van der Waals surface area contributed by atoms with Crippen LogP contribution in [0.5, 0.6) is 23.3 Å². The summed E-state index contributed by atoms with van der Waals surface area (Å²) in [5, 5.41) is 12.9. The number of para-hydroxylation sites is 1. The molecule has 8 amide bonds. The second-order valence-electron chi connectivity index (χ2n) is 40.0. The number of rotatable bonds is 18. The summed E-state index contributed by atoms with van der Waals surface area (Å²) in [6.45, 7) is 15.8. The summed E-state index contributed by atoms with van der Waals surface area (Å²) in [4.78, 5) is 137. The molecule has 2 saturated heterocycles. The van der Waals surface area contributed by atoms with Gasteiger partial charge >= 0.3 is 12.2 Å². The SMILES string of the molecule is COc1ccc2c(c1)oc1c(O[C@@H]3C[C@H]4C(=O)N[C@]5(C(=O)NS(=O)(=O)C6(C)CC6)C[C@H]5/C=C\CCCCC[C@H](NC(=O)OC5CCCC5)C(=O)N4C3)nc(-c3ccc(C(C)(C)C)cc3)nc12.COc1cccc2c1oc1c(O[C@@H]3C[C@H]4C(=O)N[C@]5(C(=O)NS(=O)(=O)C6(C)CC6)C[C@H]5/C=C\CCCCC[C@H](NC(=O)OC5CCCC5)C(=O)N4C3)nc(-c3ccc(C(C)(C)C)cc3)nc12. The maximum absolute atomic E-state index is 14.9. The molecule has 132 heavy (non-hydrogen) atoms. The topological polar surface area (TPSA) is 417 Å². The molecule has 4 aliphatic heterocycles. The molecule has 32 nitrogen and oxygen atoms in total. The molecule has 0 radical (unpaired) electrons. The summed E-state index contributed by atoms with van der Waals surface area (Å²) in [5.74, 6) is -2.89. The molecule has 6 aliphatic carbocycles. The Bertz CT molecular complexity index is 6100. The molecule has 10 aliphatic rings. The van der Waals surface area contributed by atoms with E-state index in [9.17, 15) is 55.2 Å². The number of allylic oxidation sites excluding steroid dienone is 2. The summed E-state index contributed by atoms with van der Waals surface area (Å²) in [5.41, 5.74) is 2.84. The number of nitrogens with zero attached hydrogens (tertiary/aromatic N) is 6. The van der Waals surface area contributed by atoms with Crippen LogP contribution in [-0.4, -0.2) is 191 Å². The molecule has 6 N–H and O–H groups in total. The van der Waals surface area contributed by atoms with E-state index in [1.54, 1.807) is 40.2 Å². The summed E-state index contributed by atoms with van der Waals surface area (Å²) in [6.07, 6.45) is 19.2. The lowest BCUT2D eigenvalue weighted by atomic mass is 9.86. The Morgan fingerprint density at radius 2 is 0.924 bits per heavy atom. The van der Waals surface area contributed by atoms with E-state index in [-0.39, 0.29) is 84.7 Å². The third-order valence-electron chi connectivity index (χ3n) is 28.2. The first kappa shape index (κ1) is 92.4. The molecular weight excluding hydrogens is 1730 g/mol. The molecule has 0 bridgehead atoms. The van der Waals surface area contributed by atoms with Crippen LogP contribution in [0.25, 0.3) is 66.9 Å². The van der Waals surface area contributed by atoms with Gasteiger partial charge in [-0.15, -0.1) is 0 Å². The monoisotopic (exact) mass is 1850 g/mol. The van der Waals surface area contributed by atoms with Crippen molar-refractivity contribution in [2.75, 3.05) is 27.3 Å². The molecule has 0 spiro atoms. The lowest BCUT2D eigenvalue weighted by Crippen LogP contribution is -2.58. The van der Waals surface area contributed by atoms with Gasteiger partial charge in [-0.2, -0.15) is 9.97 Å². The zero-order valence-corrected chi connectivity index (χ0v) is 78.3. The van der Waals surface area contributed by atoms with Crippen molar-refractivity contribution in [3.8, 4) is 46.0 Å². The second-order valence-corrected chi connectivity index (χ2v) is 44.4. The van der Waals surface area contributed by atoms with Crippen LogP contribution in [0.1, 0.15) is 233 Å². The fourth-order valence-corrected chi connectivity index (χ4v) is 21.7. The smallest absolute Gasteiger partial charge is 0.408 e. The molecule has 0 unspecified atom stereocenters. The van der Waals surface area contributed by atoms with Crippen LogP contribution in [0.2, 0.25) is 0 Å². The van der Waals surface area contributed by atoms with Crippen LogP contribution < -0.4 is 49.7 Å². The number of amides is 8. The fourth-order valence-electron chi connectivity index (χ4n) is 19.0. The first-order valence-electron chi connectivity index (χ1n) is 46.7. The van der Waals surface area contributed by atoms with Crippen LogP contribution in [0, 0.1) is 11.8 Å². The van der Waals surface area contributed by atoms with Gasteiger partial charge in [-0.3, -0.25) is 38.2 Å². The zero-order valence-electron chi connectivity index (χ0n) is 76.6. The largest absolute Gasteiger partial charge is 0.497 e. The van der Waals surface area contributed by atoms with Gasteiger partial charge in [-0.25, -0.2) is 36.4 Å². The highest BCUT2D eigenvalue weighted by atomic mass is 32.2. The van der Waals surface area contributed by atoms with Gasteiger partial charge in [0, 0.05) is 47.3 Å². The number of methoxy groups -OCH3 is 2. The molecule has 8 aromatic rings. The van der Waals surface area contributed by atoms with Crippen LogP contribution >= 0.6 is 0 Å². The molecular formula is C98H120N12O20S2. The van der Waals surface area contributed by atoms with Gasteiger partial charge < -0.3 is 68.3 Å². The van der Waals surface area contributed by atoms with Crippen molar-refractivity contribution >= 4 is 112 Å². The van der Waals surface area contributed by atoms with Gasteiger partial charge in [0.15, 0.2) is 23.0 Å². The highest BCUT2D eigenvalue weighted by molar-refractivity contribution is 7.92. The Morgan fingerprint density at radius 1 is 0.492 bits per heavy atom. The molecule has 704 valence electrons. The summed E-state index contributed by atoms with van der Waals surface area (Å²) >= 11 is 0. The first-order chi connectivity index (χ1) is 62.9. The number of nitrogens with one attached hydrogen (secondary N) is 6. The Labute approximate surface area is 768 Å². The molecule has 8 heterocycles. The normalized spacial score (nSPS) is 26.3. The number of hydrogen-bond acceptors (Lipinski definition) is 24. The lowest BCUT2D eigenvalue weighted by molar-refractivity contribution is -0.141. The molecule has 8 fully saturated rings. The van der Waals surface area contributed by atoms with E-state index in [1.165, 1.54) is 9.80 Å². The number of carbonyl (C=O) groups is 8. The van der Waals surface area contributed by atoms with E-state index in [4.69, 9.17) is 57.2 Å². The molecule has 34 heteroatoms. The van der Waals surface area contributed by atoms with Crippen molar-refractivity contribution in [1.82, 2.24) is 60.4 Å². The second kappa shape index (κ2) is 36.5. The minimum atomic E-state index is -4.03. The molecule has 18 rings (SSSR count). The van der Waals surface area contributed by atoms with Crippen molar-refractivity contribution in [2.24, 2.45) is 11.8 Å². The van der Waals surface area contributed by atoms with Crippen molar-refractivity contribution in [1.29, 1.82) is 0 Å². The van der Waals surface area contributed by atoms with Gasteiger partial charge in [-0.1, -0.05) is 146 Å². The van der Waals surface area contributed by atoms with E-state index in [2.05, 4.69) is 72.3 Å². The number of fused-ring (bicyclic) bond motifs is 10. The third kappa shape index (κ3) is 19.3. The predicted octanol–water partition coefficient (Wildman–Crippen LogP) is 14.3. The van der Waals surface area contributed by atoms with E-state index < -0.39 is 136 Å². The summed E-state index contributed by atoms with van der Waals surface area (Å²) in [7, 11) is -4.95. The minimum Gasteiger partial charge on any atom is -0.497 e. The maximum Gasteiger partial charge on any atom is 0.408 e. The number of alkyl carbamates (subject to hydrolysis) is 2. The van der Waals surface area contributed by atoms with Gasteiger partial charge in [-0.05, 0) is 188 Å². The third-order valence-corrected chi connectivity index (χ3v) is 32.6. The van der Waals surface area contributed by atoms with Gasteiger partial charge in [0.25, 0.3) is 23.6 Å². The number of sulfonamides is 2. The maximum atomic E-state index is 14.9. The Kier molecular flexibility index (Phi) is 25.6. The number of carbonyl (C=O) groups excluding carboxylic acids is 8. The van der Waals surface area contributed by atoms with Crippen molar-refractivity contribution in [3.05, 3.63) is 120 Å². The van der Waals surface area contributed by atoms with E-state index in [0.717, 1.165) is 99.3 Å². The fraction of sp³-hybridized carbons (Fsp3) is 0.551. The van der Waals surface area contributed by atoms with E-state index in [0.29, 0.717) is 120 Å². The van der Waals surface area contributed by atoms with Gasteiger partial charge in [0.05, 0.1) is 42.2 Å². The van der Waals surface area contributed by atoms with Crippen LogP contribution in [0.4, 0.5) is 9.59 Å². The van der Waals surface area contributed by atoms with Crippen molar-refractivity contribution < 1.29 is 92.4 Å². The molecule has 4 aromatic heterocycles. The van der Waals surface area contributed by atoms with E-state index in [1.807, 2.05) is 97.1 Å². The Balaban J connectivity index is 0.000000184. The minimum absolute atomic E-state index is 0.0272. The Hall–Kier alpha value is -11.4. The predicted molar refractivity (Wildman–Crippen MR) is 492 cm³/mol. The van der Waals surface area contributed by atoms with Crippen LogP contribution in [0.15, 0.2) is 118 Å². The number of hydrogen-bond donors (Lipinski definition) is 6. The summed E-state index contributed by atoms with van der Waals surface area (Å²) in [6, 6.07) is 22.5.